The summed E-state index contributed by atoms with van der Waals surface area (Å²) in [7, 11) is 0. The lowest BCUT2D eigenvalue weighted by Crippen LogP contribution is -2.32. The van der Waals surface area contributed by atoms with Crippen molar-refractivity contribution in [2.24, 2.45) is 0 Å². The van der Waals surface area contributed by atoms with Gasteiger partial charge >= 0.3 is 5.97 Å². The molecule has 1 saturated carbocycles. The molecule has 1 aromatic heterocycles. The molecule has 4 aromatic rings. The lowest BCUT2D eigenvalue weighted by atomic mass is 9.84. The Balaban J connectivity index is 1.33. The second-order valence-corrected chi connectivity index (χ2v) is 10.9. The Bertz CT molecular complexity index is 1440. The third-order valence-electron chi connectivity index (χ3n) is 7.94. The number of hydrogen-bond donors (Lipinski definition) is 1. The number of rotatable bonds is 10. The molecule has 3 aromatic carbocycles. The van der Waals surface area contributed by atoms with Gasteiger partial charge in [-0.25, -0.2) is 9.48 Å². The molecule has 1 atom stereocenters. The maximum Gasteiger partial charge on any atom is 0.358 e. The van der Waals surface area contributed by atoms with Gasteiger partial charge in [0, 0.05) is 17.2 Å². The number of aromatic nitrogens is 2. The van der Waals surface area contributed by atoms with Crippen LogP contribution in [0.4, 0.5) is 0 Å². The van der Waals surface area contributed by atoms with Crippen LogP contribution in [0.25, 0.3) is 16.9 Å². The molecule has 5 rings (SSSR count). The fourth-order valence-electron chi connectivity index (χ4n) is 5.61. The molecule has 1 heterocycles. The van der Waals surface area contributed by atoms with Gasteiger partial charge in [0.25, 0.3) is 5.91 Å². The zero-order chi connectivity index (χ0) is 28.6. The average molecular weight is 550 g/mol. The molecule has 0 radical (unpaired) electrons. The highest BCUT2D eigenvalue weighted by Gasteiger charge is 2.20. The highest BCUT2D eigenvalue weighted by Crippen LogP contribution is 2.34. The van der Waals surface area contributed by atoms with Gasteiger partial charge in [0.2, 0.25) is 0 Å². The molecule has 6 heteroatoms. The molecule has 1 aliphatic carbocycles. The quantitative estimate of drug-likeness (QED) is 0.208. The molecule has 212 valence electrons. The van der Waals surface area contributed by atoms with Crippen molar-refractivity contribution in [3.05, 3.63) is 107 Å². The van der Waals surface area contributed by atoms with Gasteiger partial charge in [-0.1, -0.05) is 73.9 Å². The van der Waals surface area contributed by atoms with E-state index in [0.29, 0.717) is 11.5 Å². The second-order valence-electron chi connectivity index (χ2n) is 10.9. The Kier molecular flexibility index (Phi) is 9.29. The first-order valence-electron chi connectivity index (χ1n) is 14.8. The number of carbonyl (C=O) groups is 2. The first-order chi connectivity index (χ1) is 20.0. The van der Waals surface area contributed by atoms with Crippen LogP contribution in [0.1, 0.15) is 90.3 Å². The number of nitrogens with zero attached hydrogens (tertiary/aromatic N) is 2. The van der Waals surface area contributed by atoms with Crippen LogP contribution in [0, 0.1) is 0 Å². The highest BCUT2D eigenvalue weighted by atomic mass is 16.5. The van der Waals surface area contributed by atoms with Crippen LogP contribution >= 0.6 is 0 Å². The van der Waals surface area contributed by atoms with Gasteiger partial charge in [-0.2, -0.15) is 5.10 Å². The molecule has 0 saturated heterocycles. The van der Waals surface area contributed by atoms with Crippen molar-refractivity contribution in [3.63, 3.8) is 0 Å². The van der Waals surface area contributed by atoms with E-state index in [0.717, 1.165) is 29.8 Å². The summed E-state index contributed by atoms with van der Waals surface area (Å²) in [5.74, 6) is 0.0627. The number of hydrogen-bond acceptors (Lipinski definition) is 4. The van der Waals surface area contributed by atoms with Crippen LogP contribution < -0.4 is 5.32 Å². The standard InChI is InChI=1S/C35H39N3O3/c1-3-41-35(40)32-24-33(29-18-16-28(17-19-29)27-12-8-5-9-13-27)38(37-32)31-22-20-30(21-23-31)34(39)36-25(2)14-15-26-10-6-4-7-11-26/h4,6-7,10-11,16-25,27H,3,5,8-9,12-15H2,1-2H3,(H,36,39)/t25-/m1/s1. The maximum atomic E-state index is 12.9. The monoisotopic (exact) mass is 549 g/mol. The first-order valence-corrected chi connectivity index (χ1v) is 14.8. The summed E-state index contributed by atoms with van der Waals surface area (Å²) < 4.78 is 6.99. The topological polar surface area (TPSA) is 73.2 Å². The van der Waals surface area contributed by atoms with Crippen LogP contribution in [-0.2, 0) is 11.2 Å². The molecule has 6 nitrogen and oxygen atoms in total. The second kappa shape index (κ2) is 13.4. The van der Waals surface area contributed by atoms with E-state index in [1.54, 1.807) is 29.8 Å². The van der Waals surface area contributed by atoms with Gasteiger partial charge in [0.1, 0.15) is 0 Å². The lowest BCUT2D eigenvalue weighted by Gasteiger charge is -2.22. The van der Waals surface area contributed by atoms with E-state index < -0.39 is 5.97 Å². The zero-order valence-electron chi connectivity index (χ0n) is 24.0. The summed E-state index contributed by atoms with van der Waals surface area (Å²) in [6.45, 7) is 4.10. The number of aryl methyl sites for hydroxylation is 1. The number of carbonyl (C=O) groups excluding carboxylic acids is 2. The largest absolute Gasteiger partial charge is 0.461 e. The molecule has 0 spiro atoms. The number of amides is 1. The molecule has 0 bridgehead atoms. The van der Waals surface area contributed by atoms with E-state index in [1.807, 2.05) is 37.3 Å². The summed E-state index contributed by atoms with van der Waals surface area (Å²) >= 11 is 0. The summed E-state index contributed by atoms with van der Waals surface area (Å²) in [4.78, 5) is 25.5. The van der Waals surface area contributed by atoms with Crippen molar-refractivity contribution in [3.8, 4) is 16.9 Å². The summed E-state index contributed by atoms with van der Waals surface area (Å²) in [6.07, 6.45) is 8.18. The van der Waals surface area contributed by atoms with Crippen LogP contribution in [-0.4, -0.2) is 34.3 Å². The Morgan fingerprint density at radius 1 is 0.951 bits per heavy atom. The van der Waals surface area contributed by atoms with Crippen molar-refractivity contribution in [1.82, 2.24) is 15.1 Å². The zero-order valence-corrected chi connectivity index (χ0v) is 24.0. The van der Waals surface area contributed by atoms with Crippen molar-refractivity contribution >= 4 is 11.9 Å². The normalized spacial score (nSPS) is 14.4. The number of ether oxygens (including phenoxy) is 1. The van der Waals surface area contributed by atoms with Crippen LogP contribution in [0.2, 0.25) is 0 Å². The molecule has 1 aliphatic rings. The van der Waals surface area contributed by atoms with Crippen molar-refractivity contribution in [2.45, 2.75) is 70.8 Å². The predicted molar refractivity (Wildman–Crippen MR) is 162 cm³/mol. The van der Waals surface area contributed by atoms with Crippen LogP contribution in [0.3, 0.4) is 0 Å². The molecular weight excluding hydrogens is 510 g/mol. The minimum atomic E-state index is -0.452. The fraction of sp³-hybridized carbons (Fsp3) is 0.343. The summed E-state index contributed by atoms with van der Waals surface area (Å²) in [5.41, 5.74) is 6.01. The van der Waals surface area contributed by atoms with Gasteiger partial charge in [-0.3, -0.25) is 4.79 Å². The van der Waals surface area contributed by atoms with E-state index in [2.05, 4.69) is 46.8 Å². The van der Waals surface area contributed by atoms with Gasteiger partial charge in [0.15, 0.2) is 5.69 Å². The molecule has 0 unspecified atom stereocenters. The molecule has 41 heavy (non-hydrogen) atoms. The van der Waals surface area contributed by atoms with Crippen LogP contribution in [0.15, 0.2) is 84.9 Å². The van der Waals surface area contributed by atoms with Gasteiger partial charge in [-0.05, 0) is 86.9 Å². The van der Waals surface area contributed by atoms with Crippen LogP contribution in [0.5, 0.6) is 0 Å². The Hall–Kier alpha value is -4.19. The van der Waals surface area contributed by atoms with Gasteiger partial charge < -0.3 is 10.1 Å². The maximum absolute atomic E-state index is 12.9. The van der Waals surface area contributed by atoms with Crippen molar-refractivity contribution in [1.29, 1.82) is 0 Å². The fourth-order valence-corrected chi connectivity index (χ4v) is 5.61. The van der Waals surface area contributed by atoms with Gasteiger partial charge in [-0.15, -0.1) is 0 Å². The van der Waals surface area contributed by atoms with E-state index in [4.69, 9.17) is 4.74 Å². The molecular formula is C35H39N3O3. The molecule has 1 amide bonds. The van der Waals surface area contributed by atoms with E-state index in [-0.39, 0.29) is 24.2 Å². The van der Waals surface area contributed by atoms with E-state index in [1.165, 1.54) is 43.2 Å². The minimum absolute atomic E-state index is 0.0452. The molecule has 0 aliphatic heterocycles. The third-order valence-corrected chi connectivity index (χ3v) is 7.94. The van der Waals surface area contributed by atoms with E-state index in [9.17, 15) is 9.59 Å². The Morgan fingerprint density at radius 3 is 2.34 bits per heavy atom. The van der Waals surface area contributed by atoms with Gasteiger partial charge in [0.05, 0.1) is 18.0 Å². The van der Waals surface area contributed by atoms with Crippen molar-refractivity contribution in [2.75, 3.05) is 6.61 Å². The number of esters is 1. The minimum Gasteiger partial charge on any atom is -0.461 e. The Labute approximate surface area is 242 Å². The van der Waals surface area contributed by atoms with Crippen molar-refractivity contribution < 1.29 is 14.3 Å². The summed E-state index contributed by atoms with van der Waals surface area (Å²) in [6, 6.07) is 28.1. The first kappa shape index (κ1) is 28.3. The molecule has 1 N–H and O–H groups in total. The smallest absolute Gasteiger partial charge is 0.358 e. The predicted octanol–water partition coefficient (Wildman–Crippen LogP) is 7.51. The van der Waals surface area contributed by atoms with E-state index >= 15 is 0 Å². The summed E-state index contributed by atoms with van der Waals surface area (Å²) in [5, 5.41) is 7.71. The lowest BCUT2D eigenvalue weighted by molar-refractivity contribution is 0.0518. The average Bonchev–Trinajstić information content (AvgIpc) is 3.47. The number of nitrogens with one attached hydrogen (secondary N) is 1. The third kappa shape index (κ3) is 7.12. The molecule has 1 fully saturated rings. The highest BCUT2D eigenvalue weighted by molar-refractivity contribution is 5.94. The number of benzene rings is 3. The Morgan fingerprint density at radius 2 is 1.66 bits per heavy atom. The SMILES string of the molecule is CCOC(=O)c1cc(-c2ccc(C3CCCCC3)cc2)n(-c2ccc(C(=O)N[C@H](C)CCc3ccccc3)cc2)n1.